The van der Waals surface area contributed by atoms with Crippen LogP contribution in [0.2, 0.25) is 5.02 Å². The normalized spacial score (nSPS) is 12.6. The van der Waals surface area contributed by atoms with Gasteiger partial charge in [-0.25, -0.2) is 4.79 Å². The molecule has 0 spiro atoms. The number of anilines is 1. The van der Waals surface area contributed by atoms with Gasteiger partial charge < -0.3 is 20.3 Å². The molecule has 3 amide bonds. The van der Waals surface area contributed by atoms with E-state index in [0.717, 1.165) is 16.7 Å². The van der Waals surface area contributed by atoms with Crippen LogP contribution in [0.5, 0.6) is 0 Å². The van der Waals surface area contributed by atoms with Crippen LogP contribution in [-0.4, -0.2) is 53.0 Å². The summed E-state index contributed by atoms with van der Waals surface area (Å²) in [6, 6.07) is 10.7. The summed E-state index contributed by atoms with van der Waals surface area (Å²) in [4.78, 5) is 41.8. The van der Waals surface area contributed by atoms with Crippen LogP contribution < -0.4 is 10.6 Å². The predicted molar refractivity (Wildman–Crippen MR) is 157 cm³/mol. The summed E-state index contributed by atoms with van der Waals surface area (Å²) in [5.74, 6) is -0.524. The van der Waals surface area contributed by atoms with E-state index in [0.29, 0.717) is 22.0 Å². The number of nitriles is 1. The van der Waals surface area contributed by atoms with Crippen molar-refractivity contribution in [2.24, 2.45) is 0 Å². The third kappa shape index (κ3) is 9.19. The second-order valence-electron chi connectivity index (χ2n) is 10.3. The number of halogens is 1. The van der Waals surface area contributed by atoms with Gasteiger partial charge in [0.1, 0.15) is 24.2 Å². The largest absolute Gasteiger partial charge is 0.444 e. The van der Waals surface area contributed by atoms with E-state index < -0.39 is 35.6 Å². The van der Waals surface area contributed by atoms with E-state index in [2.05, 4.69) is 10.6 Å². The summed E-state index contributed by atoms with van der Waals surface area (Å²) < 4.78 is 5.38. The minimum atomic E-state index is -1.16. The molecule has 0 saturated heterocycles. The number of hydrogen-bond donors (Lipinski definition) is 2. The number of rotatable bonds is 10. The van der Waals surface area contributed by atoms with Crippen molar-refractivity contribution in [2.45, 2.75) is 65.6 Å². The van der Waals surface area contributed by atoms with Crippen molar-refractivity contribution in [1.82, 2.24) is 10.2 Å². The summed E-state index contributed by atoms with van der Waals surface area (Å²) in [7, 11) is 0. The van der Waals surface area contributed by atoms with Gasteiger partial charge in [0.25, 0.3) is 5.91 Å². The Morgan fingerprint density at radius 3 is 2.41 bits per heavy atom. The van der Waals surface area contributed by atoms with Gasteiger partial charge in [0.15, 0.2) is 0 Å². The number of nitrogens with one attached hydrogen (secondary N) is 2. The van der Waals surface area contributed by atoms with Gasteiger partial charge in [-0.1, -0.05) is 47.5 Å². The van der Waals surface area contributed by atoms with Crippen LogP contribution in [0.4, 0.5) is 10.5 Å². The Morgan fingerprint density at radius 2 is 1.82 bits per heavy atom. The van der Waals surface area contributed by atoms with Crippen LogP contribution in [0.1, 0.15) is 55.5 Å². The molecule has 2 rings (SSSR count). The number of aryl methyl sites for hydroxylation is 3. The highest BCUT2D eigenvalue weighted by Gasteiger charge is 2.37. The standard InChI is InChI=1S/C29H37ClN4O4S/c1-18-11-12-19(2)21(17-18)25(26(35)33-24-20(3)9-8-10-22(24)30)34(15-14-31)27(36)23(13-16-39-7)32-28(37)38-29(4,5)6/h8-12,17,23,25H,13,15-16H2,1-7H3,(H,32,37)(H,33,35). The minimum absolute atomic E-state index is 0.284. The number of nitrogens with zero attached hydrogens (tertiary/aromatic N) is 2. The topological polar surface area (TPSA) is 112 Å². The number of ether oxygens (including phenoxy) is 1. The van der Waals surface area contributed by atoms with Crippen molar-refractivity contribution in [1.29, 1.82) is 5.26 Å². The number of carbonyl (C=O) groups is 3. The first kappa shape index (κ1) is 32.0. The average molecular weight is 573 g/mol. The number of benzene rings is 2. The first-order valence-corrected chi connectivity index (χ1v) is 14.3. The monoisotopic (exact) mass is 572 g/mol. The molecule has 0 bridgehead atoms. The number of amides is 3. The Hall–Kier alpha value is -3.22. The lowest BCUT2D eigenvalue weighted by Crippen LogP contribution is -2.52. The van der Waals surface area contributed by atoms with E-state index >= 15 is 0 Å². The zero-order chi connectivity index (χ0) is 29.3. The Labute approximate surface area is 240 Å². The third-order valence-corrected chi connectivity index (χ3v) is 6.84. The van der Waals surface area contributed by atoms with Crippen molar-refractivity contribution < 1.29 is 19.1 Å². The Morgan fingerprint density at radius 1 is 1.13 bits per heavy atom. The zero-order valence-corrected chi connectivity index (χ0v) is 25.1. The zero-order valence-electron chi connectivity index (χ0n) is 23.6. The van der Waals surface area contributed by atoms with E-state index in [9.17, 15) is 19.6 Å². The van der Waals surface area contributed by atoms with Gasteiger partial charge in [-0.15, -0.1) is 0 Å². The van der Waals surface area contributed by atoms with Crippen LogP contribution in [0.15, 0.2) is 36.4 Å². The molecule has 2 atom stereocenters. The van der Waals surface area contributed by atoms with Gasteiger partial charge in [0, 0.05) is 0 Å². The molecule has 0 saturated carbocycles. The van der Waals surface area contributed by atoms with E-state index in [-0.39, 0.29) is 13.0 Å². The Kier molecular flexibility index (Phi) is 11.7. The quantitative estimate of drug-likeness (QED) is 0.341. The maximum atomic E-state index is 14.0. The van der Waals surface area contributed by atoms with E-state index in [4.69, 9.17) is 16.3 Å². The van der Waals surface area contributed by atoms with Crippen molar-refractivity contribution in [3.63, 3.8) is 0 Å². The second kappa shape index (κ2) is 14.2. The van der Waals surface area contributed by atoms with Gasteiger partial charge in [-0.05, 0) is 82.7 Å². The van der Waals surface area contributed by atoms with Crippen LogP contribution in [0.25, 0.3) is 0 Å². The van der Waals surface area contributed by atoms with E-state index in [1.807, 2.05) is 57.4 Å². The summed E-state index contributed by atoms with van der Waals surface area (Å²) in [5.41, 5.74) is 2.64. The molecule has 0 aliphatic carbocycles. The van der Waals surface area contributed by atoms with Crippen molar-refractivity contribution in [3.8, 4) is 6.07 Å². The van der Waals surface area contributed by atoms with Crippen molar-refractivity contribution in [3.05, 3.63) is 63.7 Å². The van der Waals surface area contributed by atoms with Crippen molar-refractivity contribution >= 4 is 47.0 Å². The molecule has 2 aromatic carbocycles. The highest BCUT2D eigenvalue weighted by Crippen LogP contribution is 2.31. The number of thioether (sulfide) groups is 1. The van der Waals surface area contributed by atoms with Crippen LogP contribution >= 0.6 is 23.4 Å². The maximum absolute atomic E-state index is 14.0. The molecule has 0 aliphatic rings. The summed E-state index contributed by atoms with van der Waals surface area (Å²) in [6.45, 7) is 10.3. The molecule has 0 fully saturated rings. The smallest absolute Gasteiger partial charge is 0.408 e. The van der Waals surface area contributed by atoms with E-state index in [1.54, 1.807) is 32.9 Å². The second-order valence-corrected chi connectivity index (χ2v) is 11.7. The van der Waals surface area contributed by atoms with Gasteiger partial charge in [0.05, 0.1) is 16.8 Å². The van der Waals surface area contributed by atoms with Gasteiger partial charge in [-0.2, -0.15) is 17.0 Å². The first-order valence-electron chi connectivity index (χ1n) is 12.6. The first-order chi connectivity index (χ1) is 18.3. The molecule has 0 radical (unpaired) electrons. The highest BCUT2D eigenvalue weighted by molar-refractivity contribution is 7.98. The van der Waals surface area contributed by atoms with Crippen LogP contribution in [0, 0.1) is 32.1 Å². The molecule has 39 heavy (non-hydrogen) atoms. The summed E-state index contributed by atoms with van der Waals surface area (Å²) >= 11 is 7.90. The van der Waals surface area contributed by atoms with Crippen molar-refractivity contribution in [2.75, 3.05) is 23.9 Å². The molecule has 2 N–H and O–H groups in total. The maximum Gasteiger partial charge on any atom is 0.408 e. The Bertz CT molecular complexity index is 1220. The van der Waals surface area contributed by atoms with E-state index in [1.165, 1.54) is 16.7 Å². The lowest BCUT2D eigenvalue weighted by atomic mass is 9.96. The molecule has 8 nitrogen and oxygen atoms in total. The SMILES string of the molecule is CSCCC(NC(=O)OC(C)(C)C)C(=O)N(CC#N)C(C(=O)Nc1c(C)cccc1Cl)c1cc(C)ccc1C. The molecular formula is C29H37ClN4O4S. The lowest BCUT2D eigenvalue weighted by Gasteiger charge is -2.34. The van der Waals surface area contributed by atoms with Crippen LogP contribution in [0.3, 0.4) is 0 Å². The number of carbonyl (C=O) groups excluding carboxylic acids is 3. The predicted octanol–water partition coefficient (Wildman–Crippen LogP) is 5.94. The molecule has 10 heteroatoms. The fourth-order valence-electron chi connectivity index (χ4n) is 4.00. The minimum Gasteiger partial charge on any atom is -0.444 e. The number of alkyl carbamates (subject to hydrolysis) is 1. The molecule has 0 aromatic heterocycles. The van der Waals surface area contributed by atoms with Gasteiger partial charge in [0.2, 0.25) is 5.91 Å². The molecule has 210 valence electrons. The molecule has 0 heterocycles. The average Bonchev–Trinajstić information content (AvgIpc) is 2.84. The van der Waals surface area contributed by atoms with Gasteiger partial charge in [-0.3, -0.25) is 9.59 Å². The van der Waals surface area contributed by atoms with Crippen LogP contribution in [-0.2, 0) is 14.3 Å². The van der Waals surface area contributed by atoms with Gasteiger partial charge >= 0.3 is 6.09 Å². The summed E-state index contributed by atoms with van der Waals surface area (Å²) in [5, 5.41) is 15.6. The molecule has 0 aliphatic heterocycles. The number of para-hydroxylation sites is 1. The molecule has 2 aromatic rings. The fraction of sp³-hybridized carbons (Fsp3) is 0.448. The Balaban J connectivity index is 2.59. The molecule has 2 unspecified atom stereocenters. The number of hydrogen-bond acceptors (Lipinski definition) is 6. The summed E-state index contributed by atoms with van der Waals surface area (Å²) in [6.07, 6.45) is 1.42. The third-order valence-electron chi connectivity index (χ3n) is 5.88. The highest BCUT2D eigenvalue weighted by atomic mass is 35.5. The molecular weight excluding hydrogens is 536 g/mol. The lowest BCUT2D eigenvalue weighted by molar-refractivity contribution is -0.140. The fourth-order valence-corrected chi connectivity index (χ4v) is 4.74.